The van der Waals surface area contributed by atoms with E-state index in [9.17, 15) is 4.79 Å². The van der Waals surface area contributed by atoms with Crippen molar-refractivity contribution in [3.05, 3.63) is 58.9 Å². The van der Waals surface area contributed by atoms with Crippen LogP contribution < -0.4 is 5.32 Å². The topological polar surface area (TPSA) is 58.1 Å². The summed E-state index contributed by atoms with van der Waals surface area (Å²) in [6.45, 7) is 7.73. The highest BCUT2D eigenvalue weighted by atomic mass is 35.5. The van der Waals surface area contributed by atoms with E-state index in [4.69, 9.17) is 0 Å². The van der Waals surface area contributed by atoms with Crippen molar-refractivity contribution in [1.29, 1.82) is 0 Å². The van der Waals surface area contributed by atoms with Gasteiger partial charge in [-0.05, 0) is 75.4 Å². The first-order valence-corrected chi connectivity index (χ1v) is 9.92. The number of nitrogens with zero attached hydrogens (tertiary/aromatic N) is 3. The highest BCUT2D eigenvalue weighted by Gasteiger charge is 2.23. The maximum atomic E-state index is 13.3. The first-order chi connectivity index (χ1) is 13.5. The molecule has 0 unspecified atom stereocenters. The van der Waals surface area contributed by atoms with E-state index in [0.29, 0.717) is 11.2 Å². The summed E-state index contributed by atoms with van der Waals surface area (Å²) in [6, 6.07) is 10.3. The second-order valence-electron chi connectivity index (χ2n) is 7.72. The molecule has 1 amide bonds. The molecule has 2 aromatic heterocycles. The summed E-state index contributed by atoms with van der Waals surface area (Å²) >= 11 is 0. The number of fused-ring (bicyclic) bond motifs is 1. The Balaban J connectivity index is 0.00000240. The molecule has 3 aromatic rings. The van der Waals surface area contributed by atoms with Crippen LogP contribution >= 0.6 is 12.4 Å². The zero-order valence-corrected chi connectivity index (χ0v) is 18.0. The number of nitrogens with one attached hydrogen (secondary N) is 1. The summed E-state index contributed by atoms with van der Waals surface area (Å²) in [5.74, 6) is 0.0431. The maximum Gasteiger partial charge on any atom is 0.257 e. The highest BCUT2D eigenvalue weighted by molar-refractivity contribution is 6.07. The zero-order chi connectivity index (χ0) is 19.7. The van der Waals surface area contributed by atoms with Crippen molar-refractivity contribution in [2.75, 3.05) is 18.4 Å². The molecule has 1 fully saturated rings. The maximum absolute atomic E-state index is 13.3. The lowest BCUT2D eigenvalue weighted by Crippen LogP contribution is -2.36. The lowest BCUT2D eigenvalue weighted by Gasteiger charge is -2.27. The van der Waals surface area contributed by atoms with Gasteiger partial charge in [-0.3, -0.25) is 4.79 Å². The van der Waals surface area contributed by atoms with Gasteiger partial charge in [0.25, 0.3) is 5.91 Å². The Labute approximate surface area is 178 Å². The van der Waals surface area contributed by atoms with Gasteiger partial charge in [-0.25, -0.2) is 9.97 Å². The lowest BCUT2D eigenvalue weighted by atomic mass is 10.1. The fraction of sp³-hybridized carbons (Fsp3) is 0.348. The number of anilines is 2. The average Bonchev–Trinajstić information content (AvgIpc) is 2.67. The molecule has 0 bridgehead atoms. The normalized spacial score (nSPS) is 13.8. The van der Waals surface area contributed by atoms with E-state index in [1.165, 1.54) is 17.5 Å². The van der Waals surface area contributed by atoms with Gasteiger partial charge < -0.3 is 10.2 Å². The minimum Gasteiger partial charge on any atom is -0.354 e. The van der Waals surface area contributed by atoms with E-state index in [-0.39, 0.29) is 18.3 Å². The molecule has 1 aliphatic heterocycles. The molecule has 1 aliphatic rings. The van der Waals surface area contributed by atoms with Crippen molar-refractivity contribution in [3.63, 3.8) is 0 Å². The van der Waals surface area contributed by atoms with E-state index in [0.717, 1.165) is 48.4 Å². The third kappa shape index (κ3) is 4.51. The predicted octanol–water partition coefficient (Wildman–Crippen LogP) is 5.35. The summed E-state index contributed by atoms with van der Waals surface area (Å²) in [6.07, 6.45) is 4.99. The second kappa shape index (κ2) is 8.78. The van der Waals surface area contributed by atoms with Crippen molar-refractivity contribution >= 4 is 40.7 Å². The molecular weight excluding hydrogens is 384 g/mol. The SMILES string of the molecule is Cc1cc(C)cc(Nc2c(C(=O)N3CCCCC3)cnc3nc(C)ccc23)c1.Cl. The molecule has 6 heteroatoms. The molecule has 0 spiro atoms. The van der Waals surface area contributed by atoms with Crippen LogP contribution in [0, 0.1) is 20.8 Å². The van der Waals surface area contributed by atoms with Crippen LogP contribution in [0.1, 0.15) is 46.4 Å². The van der Waals surface area contributed by atoms with Gasteiger partial charge in [-0.2, -0.15) is 0 Å². The van der Waals surface area contributed by atoms with Crippen LogP contribution in [0.4, 0.5) is 11.4 Å². The number of carbonyl (C=O) groups excluding carboxylic acids is 1. The summed E-state index contributed by atoms with van der Waals surface area (Å²) in [7, 11) is 0. The number of aromatic nitrogens is 2. The molecule has 3 heterocycles. The fourth-order valence-electron chi connectivity index (χ4n) is 3.93. The van der Waals surface area contributed by atoms with Gasteiger partial charge in [0.05, 0.1) is 11.3 Å². The molecule has 0 saturated carbocycles. The first-order valence-electron chi connectivity index (χ1n) is 9.92. The molecule has 4 rings (SSSR count). The van der Waals surface area contributed by atoms with Gasteiger partial charge in [0.1, 0.15) is 0 Å². The number of likely N-dealkylation sites (tertiary alicyclic amines) is 1. The largest absolute Gasteiger partial charge is 0.354 e. The number of rotatable bonds is 3. The van der Waals surface area contributed by atoms with Crippen LogP contribution in [0.5, 0.6) is 0 Å². The zero-order valence-electron chi connectivity index (χ0n) is 17.2. The van der Waals surface area contributed by atoms with Crippen LogP contribution in [-0.4, -0.2) is 33.9 Å². The third-order valence-corrected chi connectivity index (χ3v) is 5.23. The molecule has 5 nitrogen and oxygen atoms in total. The number of hydrogen-bond acceptors (Lipinski definition) is 4. The Morgan fingerprint density at radius 3 is 2.38 bits per heavy atom. The number of amides is 1. The standard InChI is InChI=1S/C23H26N4O.ClH/c1-15-11-16(2)13-18(12-15)26-21-19-8-7-17(3)25-22(19)24-14-20(21)23(28)27-9-5-4-6-10-27;/h7-8,11-14H,4-6,9-10H2,1-3H3,(H,24,25,26);1H. The Kier molecular flexibility index (Phi) is 6.38. The third-order valence-electron chi connectivity index (χ3n) is 5.23. The van der Waals surface area contributed by atoms with Crippen molar-refractivity contribution in [2.45, 2.75) is 40.0 Å². The van der Waals surface area contributed by atoms with Gasteiger partial charge in [0.15, 0.2) is 5.65 Å². The Morgan fingerprint density at radius 2 is 1.69 bits per heavy atom. The number of piperidine rings is 1. The van der Waals surface area contributed by atoms with Crippen LogP contribution in [0.15, 0.2) is 36.5 Å². The minimum atomic E-state index is 0. The van der Waals surface area contributed by atoms with Gasteiger partial charge in [0.2, 0.25) is 0 Å². The van der Waals surface area contributed by atoms with Crippen molar-refractivity contribution in [2.24, 2.45) is 0 Å². The highest BCUT2D eigenvalue weighted by Crippen LogP contribution is 2.31. The molecule has 0 radical (unpaired) electrons. The number of carbonyl (C=O) groups is 1. The van der Waals surface area contributed by atoms with E-state index in [1.54, 1.807) is 6.20 Å². The molecule has 1 N–H and O–H groups in total. The molecule has 152 valence electrons. The molecule has 0 aliphatic carbocycles. The molecule has 1 saturated heterocycles. The van der Waals surface area contributed by atoms with E-state index in [1.807, 2.05) is 24.0 Å². The Hall–Kier alpha value is -2.66. The van der Waals surface area contributed by atoms with Gasteiger partial charge >= 0.3 is 0 Å². The fourth-order valence-corrected chi connectivity index (χ4v) is 3.93. The number of hydrogen-bond donors (Lipinski definition) is 1. The van der Waals surface area contributed by atoms with Crippen LogP contribution in [-0.2, 0) is 0 Å². The van der Waals surface area contributed by atoms with E-state index in [2.05, 4.69) is 47.3 Å². The Morgan fingerprint density at radius 1 is 1.00 bits per heavy atom. The molecule has 1 aromatic carbocycles. The van der Waals surface area contributed by atoms with Gasteiger partial charge in [-0.15, -0.1) is 12.4 Å². The summed E-state index contributed by atoms with van der Waals surface area (Å²) in [4.78, 5) is 24.3. The lowest BCUT2D eigenvalue weighted by molar-refractivity contribution is 0.0725. The predicted molar refractivity (Wildman–Crippen MR) is 120 cm³/mol. The van der Waals surface area contributed by atoms with Gasteiger partial charge in [0, 0.05) is 36.1 Å². The average molecular weight is 411 g/mol. The molecule has 29 heavy (non-hydrogen) atoms. The van der Waals surface area contributed by atoms with Crippen LogP contribution in [0.25, 0.3) is 11.0 Å². The summed E-state index contributed by atoms with van der Waals surface area (Å²) in [5, 5.41) is 4.38. The summed E-state index contributed by atoms with van der Waals surface area (Å²) < 4.78 is 0. The summed E-state index contributed by atoms with van der Waals surface area (Å²) in [5.41, 5.74) is 6.29. The smallest absolute Gasteiger partial charge is 0.257 e. The number of aryl methyl sites for hydroxylation is 3. The number of pyridine rings is 2. The first kappa shape index (κ1) is 21.1. The van der Waals surface area contributed by atoms with Crippen molar-refractivity contribution in [1.82, 2.24) is 14.9 Å². The van der Waals surface area contributed by atoms with Gasteiger partial charge in [-0.1, -0.05) is 6.07 Å². The van der Waals surface area contributed by atoms with Crippen LogP contribution in [0.2, 0.25) is 0 Å². The molecular formula is C23H27ClN4O. The second-order valence-corrected chi connectivity index (χ2v) is 7.72. The quantitative estimate of drug-likeness (QED) is 0.632. The van der Waals surface area contributed by atoms with E-state index < -0.39 is 0 Å². The monoisotopic (exact) mass is 410 g/mol. The van der Waals surface area contributed by atoms with Crippen molar-refractivity contribution in [3.8, 4) is 0 Å². The Bertz CT molecular complexity index is 1020. The van der Waals surface area contributed by atoms with Crippen LogP contribution in [0.3, 0.4) is 0 Å². The number of benzene rings is 1. The minimum absolute atomic E-state index is 0. The van der Waals surface area contributed by atoms with Crippen molar-refractivity contribution < 1.29 is 4.79 Å². The number of halogens is 1. The van der Waals surface area contributed by atoms with E-state index >= 15 is 0 Å². The molecule has 0 atom stereocenters.